The zero-order chi connectivity index (χ0) is 37.2. The van der Waals surface area contributed by atoms with E-state index in [2.05, 4.69) is 5.32 Å². The van der Waals surface area contributed by atoms with E-state index < -0.39 is 58.7 Å². The number of hydrogen-bond donors (Lipinski definition) is 1. The van der Waals surface area contributed by atoms with Gasteiger partial charge in [0, 0.05) is 44.0 Å². The Bertz CT molecular complexity index is 1540. The monoisotopic (exact) mass is 705 g/mol. The van der Waals surface area contributed by atoms with Crippen LogP contribution in [0.2, 0.25) is 0 Å². The number of hydrogen-bond acceptors (Lipinski definition) is 8. The molecule has 0 bridgehead atoms. The fourth-order valence-corrected chi connectivity index (χ4v) is 5.87. The predicted octanol–water partition coefficient (Wildman–Crippen LogP) is 8.11. The van der Waals surface area contributed by atoms with E-state index in [1.165, 1.54) is 15.9 Å². The molecule has 276 valence electrons. The van der Waals surface area contributed by atoms with Crippen LogP contribution in [0.25, 0.3) is 0 Å². The summed E-state index contributed by atoms with van der Waals surface area (Å²) < 4.78 is 67.2. The first kappa shape index (κ1) is 38.6. The van der Waals surface area contributed by atoms with Gasteiger partial charge in [-0.3, -0.25) is 9.69 Å². The van der Waals surface area contributed by atoms with Crippen molar-refractivity contribution in [2.45, 2.75) is 117 Å². The maximum absolute atomic E-state index is 16.7. The Labute approximate surface area is 292 Å². The van der Waals surface area contributed by atoms with Crippen LogP contribution in [0, 0.1) is 11.7 Å². The van der Waals surface area contributed by atoms with Crippen molar-refractivity contribution < 1.29 is 46.5 Å². The number of benzene rings is 2. The number of amides is 2. The molecule has 1 aliphatic heterocycles. The summed E-state index contributed by atoms with van der Waals surface area (Å²) in [5, 5.41) is 2.84. The molecule has 2 aliphatic rings. The number of halogens is 3. The third-order valence-electron chi connectivity index (χ3n) is 7.77. The van der Waals surface area contributed by atoms with E-state index >= 15 is 4.39 Å². The van der Waals surface area contributed by atoms with Crippen LogP contribution in [0.3, 0.4) is 0 Å². The lowest BCUT2D eigenvalue weighted by molar-refractivity contribution is -0.152. The third kappa shape index (κ3) is 10.7. The average molecular weight is 706 g/mol. The Kier molecular flexibility index (Phi) is 11.3. The number of carbonyl (C=O) groups is 3. The van der Waals surface area contributed by atoms with Gasteiger partial charge in [-0.1, -0.05) is 30.3 Å². The molecule has 2 aromatic rings. The largest absolute Gasteiger partial charge is 0.487 e. The van der Waals surface area contributed by atoms with E-state index in [0.717, 1.165) is 5.56 Å². The zero-order valence-corrected chi connectivity index (χ0v) is 30.5. The Hall–Kier alpha value is -4.16. The second-order valence-corrected chi connectivity index (χ2v) is 16.0. The highest BCUT2D eigenvalue weighted by molar-refractivity contribution is 5.93. The van der Waals surface area contributed by atoms with Crippen molar-refractivity contribution >= 4 is 29.5 Å². The van der Waals surface area contributed by atoms with Gasteiger partial charge in [-0.15, -0.1) is 0 Å². The summed E-state index contributed by atoms with van der Waals surface area (Å²) in [7, 11) is 0. The van der Waals surface area contributed by atoms with Crippen molar-refractivity contribution in [3.05, 3.63) is 53.3 Å². The van der Waals surface area contributed by atoms with Crippen LogP contribution >= 0.6 is 0 Å². The second-order valence-electron chi connectivity index (χ2n) is 16.0. The molecule has 0 spiro atoms. The Morgan fingerprint density at radius 2 is 1.50 bits per heavy atom. The number of fused-ring (bicyclic) bond motifs is 1. The molecule has 10 nitrogen and oxygen atoms in total. The molecule has 1 fully saturated rings. The molecular formula is C37H50F3N3O7. The van der Waals surface area contributed by atoms with Crippen LogP contribution in [0.4, 0.5) is 34.1 Å². The maximum Gasteiger partial charge on any atom is 0.415 e. The van der Waals surface area contributed by atoms with Gasteiger partial charge in [0.15, 0.2) is 5.82 Å². The second kappa shape index (κ2) is 14.6. The maximum atomic E-state index is 16.7. The van der Waals surface area contributed by atoms with Crippen LogP contribution in [-0.2, 0) is 32.0 Å². The van der Waals surface area contributed by atoms with Gasteiger partial charge in [0.2, 0.25) is 5.92 Å². The molecule has 1 N–H and O–H groups in total. The molecule has 1 heterocycles. The molecule has 1 aliphatic carbocycles. The van der Waals surface area contributed by atoms with Gasteiger partial charge in [-0.25, -0.2) is 22.8 Å². The molecule has 1 atom stereocenters. The summed E-state index contributed by atoms with van der Waals surface area (Å²) in [5.41, 5.74) is -1.59. The number of nitrogens with zero attached hydrogens (tertiary/aromatic N) is 2. The van der Waals surface area contributed by atoms with Gasteiger partial charge in [0.25, 0.3) is 0 Å². The van der Waals surface area contributed by atoms with Crippen LogP contribution in [0.15, 0.2) is 36.4 Å². The van der Waals surface area contributed by atoms with Gasteiger partial charge in [-0.2, -0.15) is 0 Å². The van der Waals surface area contributed by atoms with Gasteiger partial charge in [0.1, 0.15) is 41.4 Å². The van der Waals surface area contributed by atoms with Crippen molar-refractivity contribution in [2.75, 3.05) is 29.9 Å². The molecule has 2 amide bonds. The van der Waals surface area contributed by atoms with E-state index in [1.54, 1.807) is 62.3 Å². The number of alkyl halides is 2. The number of carbonyl (C=O) groups excluding carboxylic acids is 3. The van der Waals surface area contributed by atoms with Crippen LogP contribution < -0.4 is 15.0 Å². The molecule has 4 rings (SSSR count). The van der Waals surface area contributed by atoms with Crippen molar-refractivity contribution in [3.63, 3.8) is 0 Å². The summed E-state index contributed by atoms with van der Waals surface area (Å²) in [4.78, 5) is 42.5. The summed E-state index contributed by atoms with van der Waals surface area (Å²) in [6.45, 7) is 14.8. The summed E-state index contributed by atoms with van der Waals surface area (Å²) in [6.07, 6.45) is -2.34. The molecule has 0 saturated heterocycles. The smallest absolute Gasteiger partial charge is 0.415 e. The fourth-order valence-electron chi connectivity index (χ4n) is 5.87. The first-order chi connectivity index (χ1) is 23.0. The van der Waals surface area contributed by atoms with Crippen LogP contribution in [0.5, 0.6) is 5.75 Å². The third-order valence-corrected chi connectivity index (χ3v) is 7.77. The molecule has 50 heavy (non-hydrogen) atoms. The van der Waals surface area contributed by atoms with Gasteiger partial charge >= 0.3 is 18.2 Å². The highest BCUT2D eigenvalue weighted by Crippen LogP contribution is 2.45. The standard InChI is InChI=1S/C37H50F3N3O7/c1-34(2,3)48-29(44)19-41-31-28(47-22-23-13-11-10-12-14-23)16-27-26(30(31)38)15-25(43(27)33(46)50-36(7,8)9)21-42(32(45)49-35(4,5)6)20-24-17-37(39,40)18-24/h10-14,16,24-25,41H,15,17-22H2,1-9H3/t25-/m1/s1. The normalized spacial score (nSPS) is 17.4. The molecular weight excluding hydrogens is 655 g/mol. The number of rotatable bonds is 10. The Morgan fingerprint density at radius 3 is 2.06 bits per heavy atom. The van der Waals surface area contributed by atoms with Crippen molar-refractivity contribution in [1.29, 1.82) is 0 Å². The predicted molar refractivity (Wildman–Crippen MR) is 183 cm³/mol. The zero-order valence-electron chi connectivity index (χ0n) is 30.5. The average Bonchev–Trinajstić information content (AvgIpc) is 3.30. The highest BCUT2D eigenvalue weighted by Gasteiger charge is 2.48. The lowest BCUT2D eigenvalue weighted by atomic mass is 9.81. The topological polar surface area (TPSA) is 107 Å². The minimum Gasteiger partial charge on any atom is -0.487 e. The van der Waals surface area contributed by atoms with Crippen molar-refractivity contribution in [1.82, 2.24) is 4.90 Å². The lowest BCUT2D eigenvalue weighted by Crippen LogP contribution is -2.52. The van der Waals surface area contributed by atoms with E-state index in [-0.39, 0.29) is 68.2 Å². The first-order valence-electron chi connectivity index (χ1n) is 16.9. The van der Waals surface area contributed by atoms with Crippen molar-refractivity contribution in [3.8, 4) is 5.75 Å². The molecule has 2 aromatic carbocycles. The SMILES string of the molecule is CC(C)(C)OC(=O)CNc1c(OCc2ccccc2)cc2c(c1F)C[C@H](CN(CC1CC(F)(F)C1)C(=O)OC(C)(C)C)N2C(=O)OC(C)(C)C. The van der Waals surface area contributed by atoms with Gasteiger partial charge < -0.3 is 29.2 Å². The van der Waals surface area contributed by atoms with Gasteiger partial charge in [0.05, 0.1) is 11.7 Å². The van der Waals surface area contributed by atoms with Gasteiger partial charge in [-0.05, 0) is 73.8 Å². The number of anilines is 2. The Balaban J connectivity index is 1.74. The summed E-state index contributed by atoms with van der Waals surface area (Å²) in [5.74, 6) is -4.63. The summed E-state index contributed by atoms with van der Waals surface area (Å²) >= 11 is 0. The first-order valence-corrected chi connectivity index (χ1v) is 16.9. The molecule has 0 unspecified atom stereocenters. The van der Waals surface area contributed by atoms with Crippen molar-refractivity contribution in [2.24, 2.45) is 5.92 Å². The number of nitrogens with one attached hydrogen (secondary N) is 1. The van der Waals surface area contributed by atoms with E-state index in [1.807, 2.05) is 30.3 Å². The number of ether oxygens (including phenoxy) is 4. The molecule has 13 heteroatoms. The summed E-state index contributed by atoms with van der Waals surface area (Å²) in [6, 6.07) is 9.84. The van der Waals surface area contributed by atoms with E-state index in [9.17, 15) is 23.2 Å². The molecule has 1 saturated carbocycles. The minimum atomic E-state index is -2.81. The van der Waals surface area contributed by atoms with E-state index in [0.29, 0.717) is 0 Å². The lowest BCUT2D eigenvalue weighted by Gasteiger charge is -2.40. The van der Waals surface area contributed by atoms with Crippen LogP contribution in [-0.4, -0.2) is 71.5 Å². The molecule has 0 aromatic heterocycles. The van der Waals surface area contributed by atoms with E-state index in [4.69, 9.17) is 18.9 Å². The molecule has 0 radical (unpaired) electrons. The Morgan fingerprint density at radius 1 is 0.900 bits per heavy atom. The van der Waals surface area contributed by atoms with Crippen LogP contribution in [0.1, 0.15) is 86.3 Å². The number of esters is 1. The highest BCUT2D eigenvalue weighted by atomic mass is 19.3. The minimum absolute atomic E-state index is 0.0311. The fraction of sp³-hybridized carbons (Fsp3) is 0.595. The quantitative estimate of drug-likeness (QED) is 0.195.